The van der Waals surface area contributed by atoms with Crippen LogP contribution in [0.5, 0.6) is 0 Å². The van der Waals surface area contributed by atoms with E-state index < -0.39 is 29.8 Å². The second-order valence-electron chi connectivity index (χ2n) is 7.09. The molecule has 1 atom stereocenters. The molecule has 0 aromatic carbocycles. The normalized spacial score (nSPS) is 11.8. The van der Waals surface area contributed by atoms with Gasteiger partial charge in [0.25, 0.3) is 0 Å². The number of carboxylic acid groups (broad SMARTS) is 1. The first kappa shape index (κ1) is 46.2. The summed E-state index contributed by atoms with van der Waals surface area (Å²) in [4.78, 5) is 20.6. The van der Waals surface area contributed by atoms with E-state index in [1.54, 1.807) is 48.5 Å². The van der Waals surface area contributed by atoms with Gasteiger partial charge in [-0.2, -0.15) is 0 Å². The van der Waals surface area contributed by atoms with E-state index >= 15 is 0 Å². The molecule has 13 heteroatoms. The van der Waals surface area contributed by atoms with Crippen molar-refractivity contribution in [3.8, 4) is 0 Å². The summed E-state index contributed by atoms with van der Waals surface area (Å²) in [6, 6.07) is 0. The van der Waals surface area contributed by atoms with Crippen LogP contribution >= 0.6 is 0 Å². The van der Waals surface area contributed by atoms with Crippen molar-refractivity contribution in [3.63, 3.8) is 0 Å². The van der Waals surface area contributed by atoms with Crippen molar-refractivity contribution in [2.75, 3.05) is 39.6 Å². The van der Waals surface area contributed by atoms with Gasteiger partial charge in [0.1, 0.15) is 11.7 Å². The molecule has 0 amide bonds. The summed E-state index contributed by atoms with van der Waals surface area (Å²) in [5.41, 5.74) is 0. The van der Waals surface area contributed by atoms with Crippen LogP contribution in [0.25, 0.3) is 0 Å². The van der Waals surface area contributed by atoms with E-state index in [-0.39, 0.29) is 23.1 Å². The third-order valence-electron chi connectivity index (χ3n) is 3.64. The smallest absolute Gasteiger partial charge is 0.807 e. The van der Waals surface area contributed by atoms with Gasteiger partial charge in [-0.25, -0.2) is 0 Å². The van der Waals surface area contributed by atoms with Gasteiger partial charge in [-0.15, -0.1) is 0 Å². The van der Waals surface area contributed by atoms with Gasteiger partial charge in [-0.05, 0) is 75.7 Å². The number of carbonyl (C=O) groups is 2. The minimum atomic E-state index is -1.65. The summed E-state index contributed by atoms with van der Waals surface area (Å²) >= 11 is 0. The van der Waals surface area contributed by atoms with Gasteiger partial charge in [-0.3, -0.25) is 9.59 Å². The first-order chi connectivity index (χ1) is 16.5. The molecule has 0 radical (unpaired) electrons. The number of Topliss-reactive ketones (excluding diaryl/α,β-unsaturated/α-hetero) is 1. The van der Waals surface area contributed by atoms with Crippen molar-refractivity contribution < 1.29 is 58.4 Å². The standard InChI is InChI=1S/3C6H13O3.C6H10O3.Al/c3*1-4-8-6(3,7)9-5-2;1-3-5(4(2)7)6(8)9;/h3*4-5H2,1-3H3;5H,3H2,1-2H3,(H,8,9);/q3*-1;;+3. The van der Waals surface area contributed by atoms with Crippen molar-refractivity contribution >= 4 is 29.1 Å². The number of rotatable bonds is 15. The maximum absolute atomic E-state index is 10.9. The van der Waals surface area contributed by atoms with Gasteiger partial charge in [0.05, 0.1) is 17.9 Å². The Morgan fingerprint density at radius 1 is 0.622 bits per heavy atom. The topological polar surface area (TPSA) is 179 Å². The summed E-state index contributed by atoms with van der Waals surface area (Å²) < 4.78 is 28.2. The SMILES string of the molecule is CCC(C(C)=O)C(=O)O.CCOC(C)([O-])OCC.CCOC(C)([O-])OCC.CCOC(C)([O-])OCC.[Al+3]. The van der Waals surface area contributed by atoms with Crippen LogP contribution in [0.4, 0.5) is 0 Å². The number of aliphatic carboxylic acids is 1. The molecule has 0 saturated heterocycles. The number of ether oxygens (including phenoxy) is 6. The minimum Gasteiger partial charge on any atom is -0.807 e. The Morgan fingerprint density at radius 2 is 0.811 bits per heavy atom. The molecule has 0 bridgehead atoms. The van der Waals surface area contributed by atoms with E-state index in [1.807, 2.05) is 0 Å². The molecule has 0 fully saturated rings. The van der Waals surface area contributed by atoms with E-state index in [0.29, 0.717) is 46.1 Å². The van der Waals surface area contributed by atoms with Crippen molar-refractivity contribution in [1.82, 2.24) is 0 Å². The van der Waals surface area contributed by atoms with Crippen LogP contribution in [0.3, 0.4) is 0 Å². The molecule has 0 heterocycles. The van der Waals surface area contributed by atoms with E-state index in [9.17, 15) is 24.9 Å². The molecule has 0 aliphatic carbocycles. The Balaban J connectivity index is -0.000000122. The molecular weight excluding hydrogens is 507 g/mol. The number of carbonyl (C=O) groups excluding carboxylic acids is 1. The fourth-order valence-corrected chi connectivity index (χ4v) is 2.33. The van der Waals surface area contributed by atoms with Crippen LogP contribution in [0, 0.1) is 5.92 Å². The quantitative estimate of drug-likeness (QED) is 0.169. The maximum Gasteiger partial charge on any atom is 3.00 e. The maximum atomic E-state index is 10.9. The van der Waals surface area contributed by atoms with E-state index in [4.69, 9.17) is 33.5 Å². The van der Waals surface area contributed by atoms with Crippen molar-refractivity contribution in [2.24, 2.45) is 5.92 Å². The van der Waals surface area contributed by atoms with Crippen LogP contribution in [0.2, 0.25) is 0 Å². The van der Waals surface area contributed by atoms with E-state index in [1.165, 1.54) is 27.7 Å². The Bertz CT molecular complexity index is 442. The Hall–Kier alpha value is -0.688. The molecule has 0 aliphatic rings. The largest absolute Gasteiger partial charge is 3.00 e. The number of hydrogen-bond acceptors (Lipinski definition) is 11. The Labute approximate surface area is 233 Å². The summed E-state index contributed by atoms with van der Waals surface area (Å²) in [6.45, 7) is 19.9. The average molecular weight is 557 g/mol. The molecule has 0 aromatic heterocycles. The number of hydrogen-bond donors (Lipinski definition) is 1. The Morgan fingerprint density at radius 3 is 0.865 bits per heavy atom. The van der Waals surface area contributed by atoms with E-state index in [2.05, 4.69) is 0 Å². The molecule has 1 N–H and O–H groups in total. The first-order valence-electron chi connectivity index (χ1n) is 12.1. The molecule has 0 saturated carbocycles. The zero-order valence-electron chi connectivity index (χ0n) is 24.5. The van der Waals surface area contributed by atoms with Gasteiger partial charge >= 0.3 is 23.3 Å². The summed E-state index contributed by atoms with van der Waals surface area (Å²) in [7, 11) is 0. The fraction of sp³-hybridized carbons (Fsp3) is 0.917. The minimum absolute atomic E-state index is 0. The van der Waals surface area contributed by atoms with Crippen LogP contribution in [0.15, 0.2) is 0 Å². The Kier molecular flexibility index (Phi) is 33.6. The molecule has 220 valence electrons. The molecule has 12 nitrogen and oxygen atoms in total. The van der Waals surface area contributed by atoms with Gasteiger partial charge in [-0.1, -0.05) is 6.92 Å². The van der Waals surface area contributed by atoms with Gasteiger partial charge in [0, 0.05) is 39.6 Å². The zero-order chi connectivity index (χ0) is 29.4. The zero-order valence-corrected chi connectivity index (χ0v) is 25.7. The van der Waals surface area contributed by atoms with Crippen LogP contribution < -0.4 is 15.3 Å². The van der Waals surface area contributed by atoms with E-state index in [0.717, 1.165) is 0 Å². The summed E-state index contributed by atoms with van der Waals surface area (Å²) in [5.74, 6) is -7.05. The fourth-order valence-electron chi connectivity index (χ4n) is 2.33. The number of carboxylic acids is 1. The van der Waals surface area contributed by atoms with Gasteiger partial charge in [0.15, 0.2) is 0 Å². The molecular formula is C24H49AlO12. The third-order valence-corrected chi connectivity index (χ3v) is 3.64. The summed E-state index contributed by atoms with van der Waals surface area (Å²) in [5, 5.41) is 40.9. The monoisotopic (exact) mass is 556 g/mol. The molecule has 0 rings (SSSR count). The van der Waals surface area contributed by atoms with Crippen molar-refractivity contribution in [1.29, 1.82) is 0 Å². The average Bonchev–Trinajstić information content (AvgIpc) is 2.69. The second-order valence-corrected chi connectivity index (χ2v) is 7.09. The third kappa shape index (κ3) is 35.3. The molecule has 37 heavy (non-hydrogen) atoms. The molecule has 0 aromatic rings. The second kappa shape index (κ2) is 26.9. The predicted molar refractivity (Wildman–Crippen MR) is 133 cm³/mol. The van der Waals surface area contributed by atoms with Gasteiger partial charge in [0.2, 0.25) is 0 Å². The van der Waals surface area contributed by atoms with Crippen molar-refractivity contribution in [3.05, 3.63) is 0 Å². The molecule has 0 aliphatic heterocycles. The molecule has 1 unspecified atom stereocenters. The van der Waals surface area contributed by atoms with Crippen LogP contribution in [-0.4, -0.2) is 91.8 Å². The summed E-state index contributed by atoms with van der Waals surface area (Å²) in [6.07, 6.45) is 0.380. The number of ketones is 1. The van der Waals surface area contributed by atoms with Crippen LogP contribution in [-0.2, 0) is 38.0 Å². The van der Waals surface area contributed by atoms with Crippen LogP contribution in [0.1, 0.15) is 82.6 Å². The van der Waals surface area contributed by atoms with Crippen molar-refractivity contribution in [2.45, 2.75) is 101 Å². The molecule has 0 spiro atoms. The predicted octanol–water partition coefficient (Wildman–Crippen LogP) is 0.586. The first-order valence-corrected chi connectivity index (χ1v) is 12.1. The van der Waals surface area contributed by atoms with Gasteiger partial charge < -0.3 is 48.8 Å².